The zero-order chi connectivity index (χ0) is 15.2. The molecule has 1 atom stereocenters. The highest BCUT2D eigenvalue weighted by Crippen LogP contribution is 2.22. The van der Waals surface area contributed by atoms with E-state index >= 15 is 0 Å². The first kappa shape index (κ1) is 15.8. The van der Waals surface area contributed by atoms with Crippen LogP contribution in [0.15, 0.2) is 18.2 Å². The molecule has 1 amide bonds. The lowest BCUT2D eigenvalue weighted by Crippen LogP contribution is -2.25. The van der Waals surface area contributed by atoms with E-state index in [1.165, 1.54) is 13.2 Å². The van der Waals surface area contributed by atoms with Crippen molar-refractivity contribution in [2.75, 3.05) is 19.0 Å². The Labute approximate surface area is 128 Å². The predicted octanol–water partition coefficient (Wildman–Crippen LogP) is 3.02. The van der Waals surface area contributed by atoms with Gasteiger partial charge >= 0.3 is 5.97 Å². The van der Waals surface area contributed by atoms with Gasteiger partial charge in [-0.15, -0.1) is 0 Å². The molecule has 1 fully saturated rings. The average molecular weight is 312 g/mol. The molecule has 1 aliphatic rings. The molecule has 0 bridgehead atoms. The molecule has 2 rings (SSSR count). The topological polar surface area (TPSA) is 64.6 Å². The van der Waals surface area contributed by atoms with Crippen LogP contribution in [0.2, 0.25) is 5.02 Å². The van der Waals surface area contributed by atoms with Crippen molar-refractivity contribution in [3.63, 3.8) is 0 Å². The summed E-state index contributed by atoms with van der Waals surface area (Å²) in [6, 6.07) is 4.71. The van der Waals surface area contributed by atoms with Gasteiger partial charge in [0.15, 0.2) is 0 Å². The van der Waals surface area contributed by atoms with Crippen LogP contribution >= 0.6 is 11.6 Å². The number of methoxy groups -OCH3 is 1. The molecule has 1 heterocycles. The zero-order valence-corrected chi connectivity index (χ0v) is 12.6. The molecule has 0 radical (unpaired) electrons. The van der Waals surface area contributed by atoms with Gasteiger partial charge in [0.1, 0.15) is 0 Å². The predicted molar refractivity (Wildman–Crippen MR) is 79.6 cm³/mol. The Balaban J connectivity index is 1.98. The van der Waals surface area contributed by atoms with E-state index in [-0.39, 0.29) is 22.6 Å². The molecule has 114 valence electrons. The van der Waals surface area contributed by atoms with E-state index in [1.54, 1.807) is 12.1 Å². The molecule has 0 saturated carbocycles. The minimum absolute atomic E-state index is 0.0221. The second kappa shape index (κ2) is 7.43. The van der Waals surface area contributed by atoms with Crippen LogP contribution < -0.4 is 5.32 Å². The number of carbonyl (C=O) groups excluding carboxylic acids is 2. The van der Waals surface area contributed by atoms with Crippen LogP contribution in [0.1, 0.15) is 36.0 Å². The molecule has 1 aliphatic heterocycles. The fourth-order valence-corrected chi connectivity index (χ4v) is 2.45. The van der Waals surface area contributed by atoms with Crippen LogP contribution in [0.4, 0.5) is 5.69 Å². The second-order valence-electron chi connectivity index (χ2n) is 4.93. The summed E-state index contributed by atoms with van der Waals surface area (Å²) in [6.07, 6.45) is 3.34. The van der Waals surface area contributed by atoms with Crippen LogP contribution in [0.5, 0.6) is 0 Å². The third-order valence-electron chi connectivity index (χ3n) is 3.34. The first-order valence-electron chi connectivity index (χ1n) is 6.89. The third kappa shape index (κ3) is 4.44. The lowest BCUT2D eigenvalue weighted by molar-refractivity contribution is -0.119. The lowest BCUT2D eigenvalue weighted by Gasteiger charge is -2.22. The van der Waals surface area contributed by atoms with E-state index < -0.39 is 5.97 Å². The van der Waals surface area contributed by atoms with E-state index in [1.807, 2.05) is 0 Å². The van der Waals surface area contributed by atoms with E-state index in [2.05, 4.69) is 10.1 Å². The molecule has 1 saturated heterocycles. The maximum atomic E-state index is 12.0. The van der Waals surface area contributed by atoms with Crippen molar-refractivity contribution in [2.45, 2.75) is 31.8 Å². The Morgan fingerprint density at radius 2 is 2.24 bits per heavy atom. The number of nitrogens with one attached hydrogen (secondary N) is 1. The van der Waals surface area contributed by atoms with Gasteiger partial charge in [-0.3, -0.25) is 4.79 Å². The summed E-state index contributed by atoms with van der Waals surface area (Å²) in [5, 5.41) is 3.04. The smallest absolute Gasteiger partial charge is 0.339 e. The number of anilines is 1. The Morgan fingerprint density at radius 1 is 1.43 bits per heavy atom. The molecule has 5 nitrogen and oxygen atoms in total. The normalized spacial score (nSPS) is 18.1. The van der Waals surface area contributed by atoms with Gasteiger partial charge in [-0.05, 0) is 37.5 Å². The fourth-order valence-electron chi connectivity index (χ4n) is 2.26. The summed E-state index contributed by atoms with van der Waals surface area (Å²) < 4.78 is 10.2. The summed E-state index contributed by atoms with van der Waals surface area (Å²) in [7, 11) is 1.28. The van der Waals surface area contributed by atoms with Crippen LogP contribution in [-0.2, 0) is 14.3 Å². The molecular weight excluding hydrogens is 294 g/mol. The molecule has 0 aromatic heterocycles. The van der Waals surface area contributed by atoms with Gasteiger partial charge in [0.2, 0.25) is 5.91 Å². The highest BCUT2D eigenvalue weighted by atomic mass is 35.5. The zero-order valence-electron chi connectivity index (χ0n) is 11.9. The maximum absolute atomic E-state index is 12.0. The summed E-state index contributed by atoms with van der Waals surface area (Å²) in [6.45, 7) is 0.714. The van der Waals surface area contributed by atoms with Crippen molar-refractivity contribution < 1.29 is 19.1 Å². The largest absolute Gasteiger partial charge is 0.465 e. The third-order valence-corrected chi connectivity index (χ3v) is 3.67. The van der Waals surface area contributed by atoms with Crippen LogP contribution in [0.25, 0.3) is 0 Å². The average Bonchev–Trinajstić information content (AvgIpc) is 2.49. The highest BCUT2D eigenvalue weighted by Gasteiger charge is 2.18. The Kier molecular flexibility index (Phi) is 5.59. The fraction of sp³-hybridized carbons (Fsp3) is 0.467. The molecule has 1 unspecified atom stereocenters. The summed E-state index contributed by atoms with van der Waals surface area (Å²) in [5.41, 5.74) is 0.742. The number of halogens is 1. The van der Waals surface area contributed by atoms with Gasteiger partial charge in [0, 0.05) is 12.3 Å². The van der Waals surface area contributed by atoms with E-state index in [0.717, 1.165) is 19.3 Å². The number of esters is 1. The van der Waals surface area contributed by atoms with Gasteiger partial charge in [-0.2, -0.15) is 0 Å². The van der Waals surface area contributed by atoms with Gasteiger partial charge < -0.3 is 14.8 Å². The SMILES string of the molecule is COC(=O)c1cc(NC(=O)CC2CCCCO2)ccc1Cl. The first-order valence-corrected chi connectivity index (χ1v) is 7.27. The van der Waals surface area contributed by atoms with Crippen LogP contribution in [0, 0.1) is 0 Å². The standard InChI is InChI=1S/C15H18ClNO4/c1-20-15(19)12-8-10(5-6-13(12)16)17-14(18)9-11-4-2-3-7-21-11/h5-6,8,11H,2-4,7,9H2,1H3,(H,17,18). The van der Waals surface area contributed by atoms with Crippen LogP contribution in [-0.4, -0.2) is 31.7 Å². The molecule has 0 aliphatic carbocycles. The van der Waals surface area contributed by atoms with E-state index in [0.29, 0.717) is 18.7 Å². The Bertz CT molecular complexity index is 526. The molecule has 0 spiro atoms. The maximum Gasteiger partial charge on any atom is 0.339 e. The molecule has 1 aromatic carbocycles. The van der Waals surface area contributed by atoms with Crippen LogP contribution in [0.3, 0.4) is 0 Å². The quantitative estimate of drug-likeness (QED) is 0.868. The Hall–Kier alpha value is -1.59. The summed E-state index contributed by atoms with van der Waals surface area (Å²) in [5.74, 6) is -0.674. The monoisotopic (exact) mass is 311 g/mol. The summed E-state index contributed by atoms with van der Waals surface area (Å²) >= 11 is 5.93. The molecule has 6 heteroatoms. The number of carbonyl (C=O) groups is 2. The summed E-state index contributed by atoms with van der Waals surface area (Å²) in [4.78, 5) is 23.5. The molecular formula is C15H18ClNO4. The first-order chi connectivity index (χ1) is 10.1. The number of rotatable bonds is 4. The Morgan fingerprint density at radius 3 is 2.90 bits per heavy atom. The highest BCUT2D eigenvalue weighted by molar-refractivity contribution is 6.33. The number of hydrogen-bond donors (Lipinski definition) is 1. The minimum atomic E-state index is -0.535. The van der Waals surface area contributed by atoms with Crippen molar-refractivity contribution in [1.29, 1.82) is 0 Å². The number of amides is 1. The molecule has 1 aromatic rings. The van der Waals surface area contributed by atoms with E-state index in [9.17, 15) is 9.59 Å². The molecule has 21 heavy (non-hydrogen) atoms. The lowest BCUT2D eigenvalue weighted by atomic mass is 10.1. The van der Waals surface area contributed by atoms with Crippen molar-refractivity contribution in [3.8, 4) is 0 Å². The van der Waals surface area contributed by atoms with Gasteiger partial charge in [0.25, 0.3) is 0 Å². The number of benzene rings is 1. The molecule has 1 N–H and O–H groups in total. The van der Waals surface area contributed by atoms with Gasteiger partial charge in [-0.25, -0.2) is 4.79 Å². The van der Waals surface area contributed by atoms with Gasteiger partial charge in [-0.1, -0.05) is 11.6 Å². The number of ether oxygens (including phenoxy) is 2. The van der Waals surface area contributed by atoms with Crippen molar-refractivity contribution in [3.05, 3.63) is 28.8 Å². The van der Waals surface area contributed by atoms with Gasteiger partial charge in [0.05, 0.1) is 30.2 Å². The van der Waals surface area contributed by atoms with Crippen molar-refractivity contribution >= 4 is 29.2 Å². The number of hydrogen-bond acceptors (Lipinski definition) is 4. The second-order valence-corrected chi connectivity index (χ2v) is 5.33. The van der Waals surface area contributed by atoms with E-state index in [4.69, 9.17) is 16.3 Å². The minimum Gasteiger partial charge on any atom is -0.465 e. The van der Waals surface area contributed by atoms with Crippen molar-refractivity contribution in [1.82, 2.24) is 0 Å². The van der Waals surface area contributed by atoms with Crippen molar-refractivity contribution in [2.24, 2.45) is 0 Å².